The van der Waals surface area contributed by atoms with Crippen molar-refractivity contribution in [3.63, 3.8) is 0 Å². The maximum atomic E-state index is 13.1. The molecule has 0 unspecified atom stereocenters. The Balaban J connectivity index is 2.06. The zero-order valence-corrected chi connectivity index (χ0v) is 14.3. The molecule has 5 nitrogen and oxygen atoms in total. The number of carbonyl (C=O) groups excluding carboxylic acids is 1. The van der Waals surface area contributed by atoms with E-state index in [0.29, 0.717) is 0 Å². The average Bonchev–Trinajstić information content (AvgIpc) is 3.07. The van der Waals surface area contributed by atoms with Gasteiger partial charge in [0.15, 0.2) is 0 Å². The summed E-state index contributed by atoms with van der Waals surface area (Å²) in [6.45, 7) is 3.84. The van der Waals surface area contributed by atoms with Gasteiger partial charge in [0.1, 0.15) is 23.4 Å². The molecular formula is C20H16FN3O2. The number of hydrogen-bond acceptors (Lipinski definition) is 3. The van der Waals surface area contributed by atoms with Gasteiger partial charge in [0.2, 0.25) is 5.78 Å². The van der Waals surface area contributed by atoms with Gasteiger partial charge in [-0.1, -0.05) is 12.1 Å². The molecule has 2 aromatic carbocycles. The van der Waals surface area contributed by atoms with Crippen LogP contribution in [0.25, 0.3) is 16.6 Å². The fourth-order valence-electron chi connectivity index (χ4n) is 3.25. The number of carbonyl (C=O) groups is 1. The lowest BCUT2D eigenvalue weighted by molar-refractivity contribution is 0.103. The maximum Gasteiger partial charge on any atom is 0.278 e. The van der Waals surface area contributed by atoms with E-state index in [1.54, 1.807) is 8.97 Å². The Bertz CT molecular complexity index is 1200. The van der Waals surface area contributed by atoms with Crippen molar-refractivity contribution in [1.82, 2.24) is 14.0 Å². The van der Waals surface area contributed by atoms with E-state index in [9.17, 15) is 14.0 Å². The second kappa shape index (κ2) is 5.91. The fraction of sp³-hybridized carbons (Fsp3) is 0.150. The molecule has 0 amide bonds. The van der Waals surface area contributed by atoms with Crippen LogP contribution >= 0.6 is 0 Å². The highest BCUT2D eigenvalue weighted by atomic mass is 19.1. The first-order chi connectivity index (χ1) is 12.5. The minimum atomic E-state index is -0.426. The Morgan fingerprint density at radius 3 is 2.35 bits per heavy atom. The van der Waals surface area contributed by atoms with Gasteiger partial charge in [0, 0.05) is 11.6 Å². The first kappa shape index (κ1) is 16.2. The van der Waals surface area contributed by atoms with Crippen LogP contribution in [0.4, 0.5) is 4.39 Å². The van der Waals surface area contributed by atoms with Gasteiger partial charge in [0.05, 0.1) is 11.0 Å². The number of nitrogens with zero attached hydrogens (tertiary/aromatic N) is 3. The molecule has 4 rings (SSSR count). The van der Waals surface area contributed by atoms with Crippen LogP contribution in [0.2, 0.25) is 0 Å². The van der Waals surface area contributed by atoms with Crippen molar-refractivity contribution in [2.45, 2.75) is 19.9 Å². The third-order valence-corrected chi connectivity index (χ3v) is 4.43. The van der Waals surface area contributed by atoms with Crippen molar-refractivity contribution in [1.29, 1.82) is 0 Å². The van der Waals surface area contributed by atoms with Gasteiger partial charge in [-0.05, 0) is 50.2 Å². The molecule has 0 aliphatic rings. The Labute approximate surface area is 148 Å². The standard InChI is InChI=1S/C20H16FN3O2/c1-12(2)24-16-6-4-3-5-15(16)23-11-22-17(18(23)20(24)26)19(25)13-7-9-14(21)10-8-13/h3-12H,1-2H3. The molecule has 2 heterocycles. The van der Waals surface area contributed by atoms with Crippen molar-refractivity contribution in [2.75, 3.05) is 0 Å². The first-order valence-electron chi connectivity index (χ1n) is 8.29. The molecule has 130 valence electrons. The summed E-state index contributed by atoms with van der Waals surface area (Å²) in [7, 11) is 0. The molecule has 0 aliphatic heterocycles. The van der Waals surface area contributed by atoms with Gasteiger partial charge in [-0.2, -0.15) is 0 Å². The van der Waals surface area contributed by atoms with Crippen LogP contribution in [0.15, 0.2) is 59.7 Å². The summed E-state index contributed by atoms with van der Waals surface area (Å²) in [5.41, 5.74) is 1.88. The molecule has 0 spiro atoms. The second-order valence-corrected chi connectivity index (χ2v) is 6.41. The number of halogens is 1. The average molecular weight is 349 g/mol. The normalized spacial score (nSPS) is 11.5. The minimum Gasteiger partial charge on any atom is -0.302 e. The number of hydrogen-bond donors (Lipinski definition) is 0. The van der Waals surface area contributed by atoms with Crippen LogP contribution in [0.3, 0.4) is 0 Å². The number of aromatic nitrogens is 3. The largest absolute Gasteiger partial charge is 0.302 e. The van der Waals surface area contributed by atoms with Crippen LogP contribution < -0.4 is 5.56 Å². The van der Waals surface area contributed by atoms with Crippen LogP contribution in [-0.2, 0) is 0 Å². The van der Waals surface area contributed by atoms with E-state index in [2.05, 4.69) is 4.98 Å². The van der Waals surface area contributed by atoms with Crippen molar-refractivity contribution in [3.8, 4) is 0 Å². The zero-order chi connectivity index (χ0) is 18.4. The Hall–Kier alpha value is -3.28. The summed E-state index contributed by atoms with van der Waals surface area (Å²) in [6.07, 6.45) is 1.49. The van der Waals surface area contributed by atoms with Gasteiger partial charge in [-0.15, -0.1) is 0 Å². The third-order valence-electron chi connectivity index (χ3n) is 4.43. The van der Waals surface area contributed by atoms with Gasteiger partial charge < -0.3 is 4.57 Å². The summed E-state index contributed by atoms with van der Waals surface area (Å²) in [5, 5.41) is 0. The molecule has 0 aliphatic carbocycles. The van der Waals surface area contributed by atoms with Gasteiger partial charge >= 0.3 is 0 Å². The molecule has 0 atom stereocenters. The molecule has 4 aromatic rings. The van der Waals surface area contributed by atoms with E-state index >= 15 is 0 Å². The second-order valence-electron chi connectivity index (χ2n) is 6.41. The molecule has 0 N–H and O–H groups in total. The molecular weight excluding hydrogens is 333 g/mol. The summed E-state index contributed by atoms with van der Waals surface area (Å²) in [5.74, 6) is -0.834. The Kier molecular flexibility index (Phi) is 3.68. The smallest absolute Gasteiger partial charge is 0.278 e. The van der Waals surface area contributed by atoms with E-state index in [1.165, 1.54) is 30.6 Å². The summed E-state index contributed by atoms with van der Waals surface area (Å²) in [6, 6.07) is 12.6. The van der Waals surface area contributed by atoms with Crippen LogP contribution in [0.1, 0.15) is 35.9 Å². The first-order valence-corrected chi connectivity index (χ1v) is 8.29. The predicted octanol–water partition coefficient (Wildman–Crippen LogP) is 3.60. The number of fused-ring (bicyclic) bond motifs is 3. The highest BCUT2D eigenvalue weighted by molar-refractivity contribution is 6.12. The number of imidazole rings is 1. The topological polar surface area (TPSA) is 56.4 Å². The predicted molar refractivity (Wildman–Crippen MR) is 97.2 cm³/mol. The van der Waals surface area contributed by atoms with Crippen LogP contribution in [0, 0.1) is 5.82 Å². The molecule has 6 heteroatoms. The molecule has 26 heavy (non-hydrogen) atoms. The minimum absolute atomic E-state index is 0.0711. The van der Waals surface area contributed by atoms with E-state index in [0.717, 1.165) is 11.0 Å². The summed E-state index contributed by atoms with van der Waals surface area (Å²) in [4.78, 5) is 30.2. The molecule has 0 radical (unpaired) electrons. The van der Waals surface area contributed by atoms with Crippen molar-refractivity contribution < 1.29 is 9.18 Å². The molecule has 0 saturated carbocycles. The van der Waals surface area contributed by atoms with Gasteiger partial charge in [-0.25, -0.2) is 9.37 Å². The number of rotatable bonds is 3. The quantitative estimate of drug-likeness (QED) is 0.531. The lowest BCUT2D eigenvalue weighted by Gasteiger charge is -2.15. The van der Waals surface area contributed by atoms with E-state index < -0.39 is 11.6 Å². The van der Waals surface area contributed by atoms with Crippen molar-refractivity contribution in [3.05, 3.63) is 82.3 Å². The van der Waals surface area contributed by atoms with E-state index in [4.69, 9.17) is 0 Å². The maximum absolute atomic E-state index is 13.1. The summed E-state index contributed by atoms with van der Waals surface area (Å²) >= 11 is 0. The zero-order valence-electron chi connectivity index (χ0n) is 14.3. The van der Waals surface area contributed by atoms with Gasteiger partial charge in [0.25, 0.3) is 5.56 Å². The lowest BCUT2D eigenvalue weighted by Crippen LogP contribution is -2.25. The van der Waals surface area contributed by atoms with Crippen molar-refractivity contribution >= 4 is 22.3 Å². The Morgan fingerprint density at radius 2 is 1.69 bits per heavy atom. The third kappa shape index (κ3) is 2.34. The van der Waals surface area contributed by atoms with E-state index in [-0.39, 0.29) is 28.4 Å². The molecule has 0 fully saturated rings. The van der Waals surface area contributed by atoms with Gasteiger partial charge in [-0.3, -0.25) is 14.0 Å². The lowest BCUT2D eigenvalue weighted by atomic mass is 10.1. The number of para-hydroxylation sites is 2. The Morgan fingerprint density at radius 1 is 1.04 bits per heavy atom. The highest BCUT2D eigenvalue weighted by Gasteiger charge is 2.22. The number of ketones is 1. The SMILES string of the molecule is CC(C)n1c(=O)c2c(C(=O)c3ccc(F)cc3)ncn2c2ccccc21. The van der Waals surface area contributed by atoms with Crippen molar-refractivity contribution in [2.24, 2.45) is 0 Å². The molecule has 0 saturated heterocycles. The molecule has 2 aromatic heterocycles. The highest BCUT2D eigenvalue weighted by Crippen LogP contribution is 2.21. The number of benzene rings is 2. The van der Waals surface area contributed by atoms with Crippen LogP contribution in [-0.4, -0.2) is 19.7 Å². The van der Waals surface area contributed by atoms with Crippen LogP contribution in [0.5, 0.6) is 0 Å². The van der Waals surface area contributed by atoms with E-state index in [1.807, 2.05) is 38.1 Å². The monoisotopic (exact) mass is 349 g/mol. The fourth-order valence-corrected chi connectivity index (χ4v) is 3.25. The summed E-state index contributed by atoms with van der Waals surface area (Å²) < 4.78 is 16.4. The molecule has 0 bridgehead atoms.